The third-order valence-electron chi connectivity index (χ3n) is 4.10. The van der Waals surface area contributed by atoms with Crippen LogP contribution in [0.5, 0.6) is 0 Å². The van der Waals surface area contributed by atoms with Gasteiger partial charge in [-0.3, -0.25) is 4.79 Å². The highest BCUT2D eigenvalue weighted by Crippen LogP contribution is 2.20. The van der Waals surface area contributed by atoms with Gasteiger partial charge in [0.2, 0.25) is 0 Å². The maximum Gasteiger partial charge on any atom is 0.268 e. The summed E-state index contributed by atoms with van der Waals surface area (Å²) in [6.45, 7) is 10.2. The van der Waals surface area contributed by atoms with E-state index in [0.717, 1.165) is 37.7 Å². The van der Waals surface area contributed by atoms with E-state index in [0.29, 0.717) is 12.6 Å². The van der Waals surface area contributed by atoms with Crippen LogP contribution in [0.25, 0.3) is 0 Å². The Hall–Kier alpha value is -1.36. The lowest BCUT2D eigenvalue weighted by Crippen LogP contribution is -2.34. The van der Waals surface area contributed by atoms with Crippen LogP contribution < -0.4 is 15.8 Å². The summed E-state index contributed by atoms with van der Waals surface area (Å²) in [5.74, 6) is 0.794. The molecule has 0 unspecified atom stereocenters. The van der Waals surface area contributed by atoms with Crippen LogP contribution in [0, 0.1) is 5.92 Å². The molecular weight excluding hydrogens is 264 g/mol. The molecule has 0 radical (unpaired) electrons. The SMILES string of the molecule is CC1CCN(c2cnn(CCCNC(C)C)c(=O)c2)CC1. The van der Waals surface area contributed by atoms with Gasteiger partial charge in [-0.2, -0.15) is 5.10 Å². The van der Waals surface area contributed by atoms with Crippen LogP contribution in [0.1, 0.15) is 40.0 Å². The molecule has 0 aliphatic carbocycles. The van der Waals surface area contributed by atoms with Gasteiger partial charge in [-0.1, -0.05) is 20.8 Å². The van der Waals surface area contributed by atoms with Crippen LogP contribution in [0.3, 0.4) is 0 Å². The molecule has 2 rings (SSSR count). The van der Waals surface area contributed by atoms with Gasteiger partial charge in [0, 0.05) is 31.7 Å². The van der Waals surface area contributed by atoms with E-state index in [9.17, 15) is 4.79 Å². The van der Waals surface area contributed by atoms with Crippen LogP contribution >= 0.6 is 0 Å². The fourth-order valence-electron chi connectivity index (χ4n) is 2.65. The van der Waals surface area contributed by atoms with Gasteiger partial charge in [0.25, 0.3) is 5.56 Å². The molecule has 1 aliphatic heterocycles. The Morgan fingerprint density at radius 1 is 1.38 bits per heavy atom. The van der Waals surface area contributed by atoms with E-state index < -0.39 is 0 Å². The van der Waals surface area contributed by atoms with E-state index in [4.69, 9.17) is 0 Å². The number of anilines is 1. The lowest BCUT2D eigenvalue weighted by atomic mass is 9.99. The second-order valence-corrected chi connectivity index (χ2v) is 6.41. The summed E-state index contributed by atoms with van der Waals surface area (Å²) < 4.78 is 1.57. The molecule has 0 spiro atoms. The van der Waals surface area contributed by atoms with E-state index in [2.05, 4.69) is 36.1 Å². The van der Waals surface area contributed by atoms with E-state index >= 15 is 0 Å². The zero-order chi connectivity index (χ0) is 15.2. The Kier molecular flexibility index (Phi) is 5.79. The molecular formula is C16H28N4O. The molecule has 1 saturated heterocycles. The highest BCUT2D eigenvalue weighted by Gasteiger charge is 2.16. The van der Waals surface area contributed by atoms with E-state index in [1.54, 1.807) is 10.7 Å². The van der Waals surface area contributed by atoms with Gasteiger partial charge in [-0.05, 0) is 31.7 Å². The Morgan fingerprint density at radius 3 is 2.71 bits per heavy atom. The molecule has 21 heavy (non-hydrogen) atoms. The highest BCUT2D eigenvalue weighted by molar-refractivity contribution is 5.43. The van der Waals surface area contributed by atoms with Gasteiger partial charge < -0.3 is 10.2 Å². The second kappa shape index (κ2) is 7.59. The summed E-state index contributed by atoms with van der Waals surface area (Å²) >= 11 is 0. The molecule has 0 amide bonds. The third-order valence-corrected chi connectivity index (χ3v) is 4.10. The maximum atomic E-state index is 12.1. The Bertz CT molecular complexity index is 489. The van der Waals surface area contributed by atoms with Gasteiger partial charge in [-0.15, -0.1) is 0 Å². The molecule has 0 atom stereocenters. The Morgan fingerprint density at radius 2 is 2.10 bits per heavy atom. The van der Waals surface area contributed by atoms with Crippen molar-refractivity contribution in [3.8, 4) is 0 Å². The minimum absolute atomic E-state index is 0.00988. The molecule has 0 saturated carbocycles. The van der Waals surface area contributed by atoms with Crippen molar-refractivity contribution in [3.05, 3.63) is 22.6 Å². The molecule has 5 heteroatoms. The normalized spacial score (nSPS) is 16.7. The summed E-state index contributed by atoms with van der Waals surface area (Å²) in [7, 11) is 0. The fraction of sp³-hybridized carbons (Fsp3) is 0.750. The van der Waals surface area contributed by atoms with Gasteiger partial charge in [0.1, 0.15) is 0 Å². The summed E-state index contributed by atoms with van der Waals surface area (Å²) in [6, 6.07) is 2.22. The van der Waals surface area contributed by atoms with Crippen molar-refractivity contribution < 1.29 is 0 Å². The first kappa shape index (κ1) is 16.0. The lowest BCUT2D eigenvalue weighted by Gasteiger charge is -2.31. The lowest BCUT2D eigenvalue weighted by molar-refractivity contribution is 0.437. The van der Waals surface area contributed by atoms with Crippen LogP contribution in [-0.4, -0.2) is 35.5 Å². The molecule has 5 nitrogen and oxygen atoms in total. The third kappa shape index (κ3) is 4.84. The summed E-state index contributed by atoms with van der Waals surface area (Å²) in [5, 5.41) is 7.67. The first-order valence-electron chi connectivity index (χ1n) is 8.12. The topological polar surface area (TPSA) is 50.2 Å². The highest BCUT2D eigenvalue weighted by atomic mass is 16.1. The van der Waals surface area contributed by atoms with Crippen LogP contribution in [0.4, 0.5) is 5.69 Å². The van der Waals surface area contributed by atoms with Crippen LogP contribution in [-0.2, 0) is 6.54 Å². The molecule has 0 bridgehead atoms. The van der Waals surface area contributed by atoms with E-state index in [1.807, 2.05) is 6.20 Å². The van der Waals surface area contributed by atoms with Crippen molar-refractivity contribution in [1.29, 1.82) is 0 Å². The standard InChI is InChI=1S/C16H28N4O/c1-13(2)17-7-4-8-20-16(21)11-15(12-18-20)19-9-5-14(3)6-10-19/h11-14,17H,4-10H2,1-3H3. The average Bonchev–Trinajstić information content (AvgIpc) is 2.45. The van der Waals surface area contributed by atoms with Gasteiger partial charge in [0.15, 0.2) is 0 Å². The predicted octanol–water partition coefficient (Wildman–Crippen LogP) is 1.87. The summed E-state index contributed by atoms with van der Waals surface area (Å²) in [5.41, 5.74) is 0.985. The van der Waals surface area contributed by atoms with E-state index in [1.165, 1.54) is 12.8 Å². The second-order valence-electron chi connectivity index (χ2n) is 6.41. The molecule has 118 valence electrons. The number of rotatable bonds is 6. The van der Waals surface area contributed by atoms with Crippen molar-refractivity contribution in [1.82, 2.24) is 15.1 Å². The molecule has 1 N–H and O–H groups in total. The smallest absolute Gasteiger partial charge is 0.268 e. The molecule has 1 aromatic heterocycles. The molecule has 1 aromatic rings. The number of hydrogen-bond acceptors (Lipinski definition) is 4. The van der Waals surface area contributed by atoms with Crippen molar-refractivity contribution >= 4 is 5.69 Å². The zero-order valence-electron chi connectivity index (χ0n) is 13.5. The number of aryl methyl sites for hydroxylation is 1. The minimum atomic E-state index is 0.00988. The largest absolute Gasteiger partial charge is 0.370 e. The van der Waals surface area contributed by atoms with Crippen molar-refractivity contribution in [3.63, 3.8) is 0 Å². The molecule has 0 aromatic carbocycles. The zero-order valence-corrected chi connectivity index (χ0v) is 13.5. The first-order valence-corrected chi connectivity index (χ1v) is 8.12. The Balaban J connectivity index is 1.90. The van der Waals surface area contributed by atoms with Crippen LogP contribution in [0.2, 0.25) is 0 Å². The van der Waals surface area contributed by atoms with Gasteiger partial charge in [0.05, 0.1) is 11.9 Å². The Labute approximate surface area is 127 Å². The quantitative estimate of drug-likeness (QED) is 0.813. The van der Waals surface area contributed by atoms with E-state index in [-0.39, 0.29) is 5.56 Å². The fourth-order valence-corrected chi connectivity index (χ4v) is 2.65. The van der Waals surface area contributed by atoms with Crippen molar-refractivity contribution in [2.75, 3.05) is 24.5 Å². The monoisotopic (exact) mass is 292 g/mol. The average molecular weight is 292 g/mol. The van der Waals surface area contributed by atoms with Crippen molar-refractivity contribution in [2.24, 2.45) is 5.92 Å². The number of nitrogens with one attached hydrogen (secondary N) is 1. The number of hydrogen-bond donors (Lipinski definition) is 1. The van der Waals surface area contributed by atoms with Crippen molar-refractivity contribution in [2.45, 2.75) is 52.6 Å². The minimum Gasteiger partial charge on any atom is -0.370 e. The predicted molar refractivity (Wildman–Crippen MR) is 86.9 cm³/mol. The molecule has 1 fully saturated rings. The van der Waals surface area contributed by atoms with Gasteiger partial charge in [-0.25, -0.2) is 4.68 Å². The van der Waals surface area contributed by atoms with Crippen LogP contribution in [0.15, 0.2) is 17.1 Å². The summed E-state index contributed by atoms with van der Waals surface area (Å²) in [4.78, 5) is 14.4. The van der Waals surface area contributed by atoms with Gasteiger partial charge >= 0.3 is 0 Å². The molecule has 2 heterocycles. The number of aromatic nitrogens is 2. The summed E-state index contributed by atoms with van der Waals surface area (Å²) in [6.07, 6.45) is 5.16. The maximum absolute atomic E-state index is 12.1. The molecule has 1 aliphatic rings. The number of nitrogens with zero attached hydrogens (tertiary/aromatic N) is 3. The first-order chi connectivity index (χ1) is 10.1. The number of piperidine rings is 1.